The predicted molar refractivity (Wildman–Crippen MR) is 81.5 cm³/mol. The van der Waals surface area contributed by atoms with Gasteiger partial charge in [0.2, 0.25) is 5.12 Å². The summed E-state index contributed by atoms with van der Waals surface area (Å²) in [7, 11) is -2.03. The summed E-state index contributed by atoms with van der Waals surface area (Å²) < 4.78 is 6.09. The molecule has 0 aliphatic heterocycles. The SMILES string of the molecule is CCSC(=O)[C@H](O[Si](C)(C)C(C)(C)C)[C@H](O)CC. The molecule has 2 atom stereocenters. The fourth-order valence-corrected chi connectivity index (χ4v) is 3.21. The van der Waals surface area contributed by atoms with Gasteiger partial charge in [-0.2, -0.15) is 0 Å². The second kappa shape index (κ2) is 7.08. The molecule has 18 heavy (non-hydrogen) atoms. The zero-order valence-corrected chi connectivity index (χ0v) is 14.6. The molecule has 0 aliphatic carbocycles. The Hall–Kier alpha value is 0.157. The fourth-order valence-electron chi connectivity index (χ4n) is 1.22. The highest BCUT2D eigenvalue weighted by molar-refractivity contribution is 8.13. The lowest BCUT2D eigenvalue weighted by atomic mass is 10.2. The van der Waals surface area contributed by atoms with E-state index in [9.17, 15) is 9.90 Å². The molecule has 0 saturated heterocycles. The van der Waals surface area contributed by atoms with E-state index in [4.69, 9.17) is 4.43 Å². The van der Waals surface area contributed by atoms with Gasteiger partial charge in [0.25, 0.3) is 0 Å². The summed E-state index contributed by atoms with van der Waals surface area (Å²) in [5.41, 5.74) is 0. The van der Waals surface area contributed by atoms with Gasteiger partial charge in [0.05, 0.1) is 6.10 Å². The maximum Gasteiger partial charge on any atom is 0.219 e. The minimum Gasteiger partial charge on any atom is -0.404 e. The van der Waals surface area contributed by atoms with Gasteiger partial charge in [0.1, 0.15) is 6.10 Å². The van der Waals surface area contributed by atoms with Crippen LogP contribution in [0.4, 0.5) is 0 Å². The quantitative estimate of drug-likeness (QED) is 0.762. The van der Waals surface area contributed by atoms with Crippen LogP contribution in [-0.2, 0) is 9.22 Å². The van der Waals surface area contributed by atoms with E-state index in [0.717, 1.165) is 0 Å². The van der Waals surface area contributed by atoms with Crippen molar-refractivity contribution < 1.29 is 14.3 Å². The number of carbonyl (C=O) groups is 1. The number of carbonyl (C=O) groups excluding carboxylic acids is 1. The van der Waals surface area contributed by atoms with Crippen LogP contribution < -0.4 is 0 Å². The van der Waals surface area contributed by atoms with Crippen molar-refractivity contribution in [3.05, 3.63) is 0 Å². The van der Waals surface area contributed by atoms with E-state index in [1.807, 2.05) is 13.8 Å². The van der Waals surface area contributed by atoms with Gasteiger partial charge >= 0.3 is 0 Å². The summed E-state index contributed by atoms with van der Waals surface area (Å²) >= 11 is 1.23. The highest BCUT2D eigenvalue weighted by Crippen LogP contribution is 2.38. The van der Waals surface area contributed by atoms with Gasteiger partial charge in [0, 0.05) is 0 Å². The molecule has 0 bridgehead atoms. The van der Waals surface area contributed by atoms with E-state index in [-0.39, 0.29) is 10.2 Å². The van der Waals surface area contributed by atoms with Crippen LogP contribution in [0.3, 0.4) is 0 Å². The van der Waals surface area contributed by atoms with Gasteiger partial charge in [-0.15, -0.1) is 0 Å². The summed E-state index contributed by atoms with van der Waals surface area (Å²) in [6, 6.07) is 0. The molecule has 0 aromatic rings. The molecule has 0 aromatic heterocycles. The van der Waals surface area contributed by atoms with Crippen molar-refractivity contribution in [3.63, 3.8) is 0 Å². The Morgan fingerprint density at radius 3 is 2.17 bits per heavy atom. The molecular weight excluding hydrogens is 264 g/mol. The standard InChI is InChI=1S/C13H28O3SSi/c1-8-10(14)11(12(15)17-9-2)16-18(6,7)13(3,4)5/h10-11,14H,8-9H2,1-7H3/t10-,11-/m1/s1. The first-order valence-corrected chi connectivity index (χ1v) is 10.5. The number of hydrogen-bond donors (Lipinski definition) is 1. The highest BCUT2D eigenvalue weighted by atomic mass is 32.2. The molecule has 0 aliphatic rings. The van der Waals surface area contributed by atoms with Crippen molar-refractivity contribution in [1.82, 2.24) is 0 Å². The van der Waals surface area contributed by atoms with E-state index >= 15 is 0 Å². The van der Waals surface area contributed by atoms with Crippen molar-refractivity contribution in [2.24, 2.45) is 0 Å². The number of thioether (sulfide) groups is 1. The van der Waals surface area contributed by atoms with Crippen LogP contribution in [0, 0.1) is 0 Å². The third-order valence-corrected chi connectivity index (χ3v) is 8.78. The molecule has 0 amide bonds. The Balaban J connectivity index is 4.96. The Kier molecular flexibility index (Phi) is 7.14. The summed E-state index contributed by atoms with van der Waals surface area (Å²) in [4.78, 5) is 12.0. The van der Waals surface area contributed by atoms with Crippen LogP contribution in [0.15, 0.2) is 0 Å². The van der Waals surface area contributed by atoms with Gasteiger partial charge in [-0.1, -0.05) is 46.4 Å². The van der Waals surface area contributed by atoms with Crippen molar-refractivity contribution in [3.8, 4) is 0 Å². The van der Waals surface area contributed by atoms with E-state index in [2.05, 4.69) is 33.9 Å². The number of rotatable bonds is 6. The van der Waals surface area contributed by atoms with E-state index in [1.165, 1.54) is 11.8 Å². The summed E-state index contributed by atoms with van der Waals surface area (Å²) in [5.74, 6) is 0.715. The normalized spacial score (nSPS) is 16.4. The number of hydrogen-bond acceptors (Lipinski definition) is 4. The first-order chi connectivity index (χ1) is 8.06. The fraction of sp³-hybridized carbons (Fsp3) is 0.923. The van der Waals surface area contributed by atoms with Crippen molar-refractivity contribution >= 4 is 25.2 Å². The third kappa shape index (κ3) is 5.03. The van der Waals surface area contributed by atoms with E-state index in [0.29, 0.717) is 12.2 Å². The first-order valence-electron chi connectivity index (χ1n) is 6.59. The second-order valence-electron chi connectivity index (χ2n) is 6.03. The smallest absolute Gasteiger partial charge is 0.219 e. The van der Waals surface area contributed by atoms with Crippen LogP contribution in [-0.4, -0.2) is 36.5 Å². The highest BCUT2D eigenvalue weighted by Gasteiger charge is 2.42. The Morgan fingerprint density at radius 1 is 1.33 bits per heavy atom. The molecular formula is C13H28O3SSi. The number of aliphatic hydroxyl groups is 1. The molecule has 5 heteroatoms. The molecule has 108 valence electrons. The molecule has 0 saturated carbocycles. The Bertz CT molecular complexity index is 274. The van der Waals surface area contributed by atoms with Crippen LogP contribution in [0.2, 0.25) is 18.1 Å². The van der Waals surface area contributed by atoms with Crippen LogP contribution in [0.1, 0.15) is 41.0 Å². The van der Waals surface area contributed by atoms with Crippen molar-refractivity contribution in [1.29, 1.82) is 0 Å². The largest absolute Gasteiger partial charge is 0.404 e. The molecule has 3 nitrogen and oxygen atoms in total. The van der Waals surface area contributed by atoms with Crippen molar-refractivity contribution in [2.75, 3.05) is 5.75 Å². The molecule has 0 spiro atoms. The zero-order valence-electron chi connectivity index (χ0n) is 12.7. The summed E-state index contributed by atoms with van der Waals surface area (Å²) in [6.07, 6.45) is -0.846. The zero-order chi connectivity index (χ0) is 14.6. The minimum absolute atomic E-state index is 0.0376. The van der Waals surface area contributed by atoms with Gasteiger partial charge in [-0.3, -0.25) is 4.79 Å². The average Bonchev–Trinajstić information content (AvgIpc) is 2.23. The summed E-state index contributed by atoms with van der Waals surface area (Å²) in [5, 5.41) is 10.00. The minimum atomic E-state index is -2.03. The lowest BCUT2D eigenvalue weighted by Crippen LogP contribution is -2.49. The first kappa shape index (κ1) is 18.2. The van der Waals surface area contributed by atoms with Gasteiger partial charge in [0.15, 0.2) is 8.32 Å². The maximum absolute atomic E-state index is 12.0. The molecule has 0 rings (SSSR count). The molecule has 0 radical (unpaired) electrons. The van der Waals surface area contributed by atoms with E-state index < -0.39 is 20.5 Å². The molecule has 0 fully saturated rings. The Morgan fingerprint density at radius 2 is 1.83 bits per heavy atom. The summed E-state index contributed by atoms with van der Waals surface area (Å²) in [6.45, 7) is 14.4. The third-order valence-electron chi connectivity index (χ3n) is 3.51. The molecule has 0 unspecified atom stereocenters. The average molecular weight is 293 g/mol. The van der Waals surface area contributed by atoms with E-state index in [1.54, 1.807) is 0 Å². The van der Waals surface area contributed by atoms with Crippen LogP contribution >= 0.6 is 11.8 Å². The maximum atomic E-state index is 12.0. The lowest BCUT2D eigenvalue weighted by Gasteiger charge is -2.39. The number of aliphatic hydroxyl groups excluding tert-OH is 1. The molecule has 0 heterocycles. The van der Waals surface area contributed by atoms with Gasteiger partial charge < -0.3 is 9.53 Å². The monoisotopic (exact) mass is 292 g/mol. The van der Waals surface area contributed by atoms with Gasteiger partial charge in [-0.05, 0) is 30.3 Å². The topological polar surface area (TPSA) is 46.5 Å². The molecule has 1 N–H and O–H groups in total. The van der Waals surface area contributed by atoms with Crippen LogP contribution in [0.25, 0.3) is 0 Å². The van der Waals surface area contributed by atoms with Crippen LogP contribution in [0.5, 0.6) is 0 Å². The second-order valence-corrected chi connectivity index (χ2v) is 12.1. The Labute approximate surface area is 117 Å². The predicted octanol–water partition coefficient (Wildman–Crippen LogP) is 3.43. The van der Waals surface area contributed by atoms with Gasteiger partial charge in [-0.25, -0.2) is 0 Å². The lowest BCUT2D eigenvalue weighted by molar-refractivity contribution is -0.122. The van der Waals surface area contributed by atoms with Crippen molar-refractivity contribution in [2.45, 2.75) is 71.4 Å². The molecule has 0 aromatic carbocycles.